The van der Waals surface area contributed by atoms with E-state index in [4.69, 9.17) is 9.47 Å². The monoisotopic (exact) mass is 484 g/mol. The maximum atomic E-state index is 13.1. The summed E-state index contributed by atoms with van der Waals surface area (Å²) in [5.41, 5.74) is 0.739. The lowest BCUT2D eigenvalue weighted by Crippen LogP contribution is -2.40. The van der Waals surface area contributed by atoms with Crippen molar-refractivity contribution in [3.05, 3.63) is 47.8 Å². The van der Waals surface area contributed by atoms with Gasteiger partial charge in [0.15, 0.2) is 17.4 Å². The molecule has 9 nitrogen and oxygen atoms in total. The van der Waals surface area contributed by atoms with E-state index < -0.39 is 23.6 Å². The first kappa shape index (κ1) is 26.4. The lowest BCUT2D eigenvalue weighted by atomic mass is 9.80. The lowest BCUT2D eigenvalue weighted by molar-refractivity contribution is -0.166. The number of esters is 1. The standard InChI is InChI=1S/C26H36N4O5/c1-8-10-11-26(7)12-14-29(15-13-26)22-20(21(24(33)34-9-2)35-25(4,5)6)17(3)27-19-16-18(23(31)32)28-30(19)22/h8,10-11,16,21H,1,9,12-15H2,2-7H3,(H,31,32)/b11-10+/t21-/m0/s1. The van der Waals surface area contributed by atoms with E-state index in [9.17, 15) is 14.7 Å². The van der Waals surface area contributed by atoms with Gasteiger partial charge in [-0.25, -0.2) is 14.6 Å². The van der Waals surface area contributed by atoms with Crippen LogP contribution in [0.5, 0.6) is 0 Å². The molecule has 0 bridgehead atoms. The molecule has 1 fully saturated rings. The molecule has 0 aliphatic carbocycles. The quantitative estimate of drug-likeness (QED) is 0.431. The highest BCUT2D eigenvalue weighted by Gasteiger charge is 2.37. The molecule has 3 rings (SSSR count). The van der Waals surface area contributed by atoms with Crippen LogP contribution in [0.25, 0.3) is 5.65 Å². The third kappa shape index (κ3) is 5.90. The average molecular weight is 485 g/mol. The summed E-state index contributed by atoms with van der Waals surface area (Å²) in [6.07, 6.45) is 6.58. The number of aromatic carboxylic acids is 1. The van der Waals surface area contributed by atoms with Crippen molar-refractivity contribution in [3.63, 3.8) is 0 Å². The summed E-state index contributed by atoms with van der Waals surface area (Å²) in [5, 5.41) is 13.9. The number of carbonyl (C=O) groups is 2. The smallest absolute Gasteiger partial charge is 0.356 e. The topological polar surface area (TPSA) is 106 Å². The van der Waals surface area contributed by atoms with Crippen LogP contribution in [-0.2, 0) is 14.3 Å². The summed E-state index contributed by atoms with van der Waals surface area (Å²) in [6, 6.07) is 1.44. The largest absolute Gasteiger partial charge is 0.476 e. The number of aromatic nitrogens is 3. The van der Waals surface area contributed by atoms with E-state index in [0.29, 0.717) is 35.8 Å². The van der Waals surface area contributed by atoms with Crippen molar-refractivity contribution >= 4 is 23.4 Å². The maximum Gasteiger partial charge on any atom is 0.356 e. The second kappa shape index (κ2) is 10.2. The Hall–Kier alpha value is -3.20. The number of hydrogen-bond acceptors (Lipinski definition) is 7. The summed E-state index contributed by atoms with van der Waals surface area (Å²) in [7, 11) is 0. The Morgan fingerprint density at radius 3 is 2.51 bits per heavy atom. The molecule has 2 aromatic rings. The first-order valence-electron chi connectivity index (χ1n) is 11.9. The Labute approximate surface area is 206 Å². The van der Waals surface area contributed by atoms with Gasteiger partial charge in [0.2, 0.25) is 0 Å². The van der Waals surface area contributed by atoms with Crippen LogP contribution in [0.15, 0.2) is 30.9 Å². The second-order valence-corrected chi connectivity index (χ2v) is 10.1. The van der Waals surface area contributed by atoms with Gasteiger partial charge in [-0.15, -0.1) is 0 Å². The first-order valence-corrected chi connectivity index (χ1v) is 11.9. The number of ether oxygens (including phenoxy) is 2. The number of piperidine rings is 1. The summed E-state index contributed by atoms with van der Waals surface area (Å²) >= 11 is 0. The van der Waals surface area contributed by atoms with Gasteiger partial charge in [0.25, 0.3) is 0 Å². The van der Waals surface area contributed by atoms with Crippen LogP contribution in [0.3, 0.4) is 0 Å². The predicted octanol–water partition coefficient (Wildman–Crippen LogP) is 4.50. The molecule has 0 unspecified atom stereocenters. The van der Waals surface area contributed by atoms with Crippen molar-refractivity contribution in [1.82, 2.24) is 14.6 Å². The Kier molecular flexibility index (Phi) is 7.69. The Morgan fingerprint density at radius 2 is 1.97 bits per heavy atom. The van der Waals surface area contributed by atoms with Crippen LogP contribution in [0.1, 0.15) is 75.3 Å². The molecule has 2 aromatic heterocycles. The number of fused-ring (bicyclic) bond motifs is 1. The molecule has 1 atom stereocenters. The molecule has 1 aliphatic heterocycles. The fourth-order valence-corrected chi connectivity index (χ4v) is 4.32. The normalized spacial score (nSPS) is 17.0. The van der Waals surface area contributed by atoms with Crippen molar-refractivity contribution < 1.29 is 24.2 Å². The number of allylic oxidation sites excluding steroid dienone is 3. The van der Waals surface area contributed by atoms with Crippen LogP contribution in [-0.4, -0.2) is 56.9 Å². The third-order valence-electron chi connectivity index (χ3n) is 6.10. The Bertz CT molecular complexity index is 1140. The molecular weight excluding hydrogens is 448 g/mol. The van der Waals surface area contributed by atoms with E-state index in [1.165, 1.54) is 10.6 Å². The highest BCUT2D eigenvalue weighted by Crippen LogP contribution is 2.39. The Morgan fingerprint density at radius 1 is 1.31 bits per heavy atom. The molecule has 1 saturated heterocycles. The van der Waals surface area contributed by atoms with Crippen LogP contribution < -0.4 is 4.90 Å². The second-order valence-electron chi connectivity index (χ2n) is 10.1. The zero-order chi connectivity index (χ0) is 26.0. The third-order valence-corrected chi connectivity index (χ3v) is 6.10. The van der Waals surface area contributed by atoms with Gasteiger partial charge in [-0.05, 0) is 52.9 Å². The number of rotatable bonds is 8. The van der Waals surface area contributed by atoms with Crippen molar-refractivity contribution in [2.75, 3.05) is 24.6 Å². The van der Waals surface area contributed by atoms with Gasteiger partial charge in [0.05, 0.1) is 17.8 Å². The predicted molar refractivity (Wildman–Crippen MR) is 134 cm³/mol. The summed E-state index contributed by atoms with van der Waals surface area (Å²) in [4.78, 5) is 31.6. The number of carboxylic acid groups (broad SMARTS) is 1. The van der Waals surface area contributed by atoms with Crippen molar-refractivity contribution in [2.24, 2.45) is 5.41 Å². The zero-order valence-electron chi connectivity index (χ0n) is 21.5. The van der Waals surface area contributed by atoms with E-state index in [0.717, 1.165) is 12.8 Å². The van der Waals surface area contributed by atoms with Gasteiger partial charge in [0.1, 0.15) is 5.82 Å². The number of aryl methyl sites for hydroxylation is 1. The fraction of sp³-hybridized carbons (Fsp3) is 0.538. The minimum atomic E-state index is -1.14. The summed E-state index contributed by atoms with van der Waals surface area (Å²) in [6.45, 7) is 16.7. The van der Waals surface area contributed by atoms with Gasteiger partial charge < -0.3 is 19.5 Å². The van der Waals surface area contributed by atoms with Crippen LogP contribution in [0.2, 0.25) is 0 Å². The summed E-state index contributed by atoms with van der Waals surface area (Å²) in [5.74, 6) is -1.05. The average Bonchev–Trinajstić information content (AvgIpc) is 3.20. The highest BCUT2D eigenvalue weighted by atomic mass is 16.6. The molecule has 9 heteroatoms. The number of carbonyl (C=O) groups excluding carboxylic acids is 1. The molecular formula is C26H36N4O5. The van der Waals surface area contributed by atoms with Gasteiger partial charge in [-0.3, -0.25) is 0 Å². The van der Waals surface area contributed by atoms with Gasteiger partial charge in [-0.1, -0.05) is 31.7 Å². The Balaban J connectivity index is 2.20. The van der Waals surface area contributed by atoms with E-state index in [2.05, 4.69) is 34.6 Å². The van der Waals surface area contributed by atoms with Gasteiger partial charge in [0, 0.05) is 24.8 Å². The lowest BCUT2D eigenvalue weighted by Gasteiger charge is -2.40. The van der Waals surface area contributed by atoms with Crippen LogP contribution in [0, 0.1) is 12.3 Å². The molecule has 0 saturated carbocycles. The molecule has 0 aromatic carbocycles. The zero-order valence-corrected chi connectivity index (χ0v) is 21.5. The minimum absolute atomic E-state index is 0.00480. The van der Waals surface area contributed by atoms with E-state index in [1.54, 1.807) is 19.9 Å². The van der Waals surface area contributed by atoms with Gasteiger partial charge in [-0.2, -0.15) is 9.61 Å². The minimum Gasteiger partial charge on any atom is -0.476 e. The summed E-state index contributed by atoms with van der Waals surface area (Å²) < 4.78 is 13.1. The molecule has 3 heterocycles. The van der Waals surface area contributed by atoms with E-state index in [1.807, 2.05) is 26.8 Å². The number of nitrogens with zero attached hydrogens (tertiary/aromatic N) is 4. The SMILES string of the molecule is C=C/C=C/C1(C)CCN(c2c([C@H](OC(C)(C)C)C(=O)OCC)c(C)nc3cc(C(=O)O)nn23)CC1. The van der Waals surface area contributed by atoms with Crippen molar-refractivity contribution in [3.8, 4) is 0 Å². The molecule has 35 heavy (non-hydrogen) atoms. The number of carboxylic acids is 1. The molecule has 0 radical (unpaired) electrons. The first-order chi connectivity index (χ1) is 16.4. The molecule has 1 aliphatic rings. The maximum absolute atomic E-state index is 13.1. The van der Waals surface area contributed by atoms with Crippen molar-refractivity contribution in [2.45, 2.75) is 66.1 Å². The van der Waals surface area contributed by atoms with E-state index >= 15 is 0 Å². The molecule has 0 amide bonds. The molecule has 190 valence electrons. The van der Waals surface area contributed by atoms with Gasteiger partial charge >= 0.3 is 11.9 Å². The highest BCUT2D eigenvalue weighted by molar-refractivity contribution is 5.87. The van der Waals surface area contributed by atoms with Crippen LogP contribution >= 0.6 is 0 Å². The molecule has 1 N–H and O–H groups in total. The van der Waals surface area contributed by atoms with Crippen molar-refractivity contribution in [1.29, 1.82) is 0 Å². The molecule has 0 spiro atoms. The van der Waals surface area contributed by atoms with E-state index in [-0.39, 0.29) is 17.7 Å². The fourth-order valence-electron chi connectivity index (χ4n) is 4.32. The number of hydrogen-bond donors (Lipinski definition) is 1. The van der Waals surface area contributed by atoms with Crippen LogP contribution in [0.4, 0.5) is 5.82 Å². The number of anilines is 1.